The molecule has 2 aliphatic rings. The number of amides is 2. The number of thioether (sulfide) groups is 1. The van der Waals surface area contributed by atoms with Crippen molar-refractivity contribution in [2.24, 2.45) is 5.16 Å². The van der Waals surface area contributed by atoms with Crippen LogP contribution in [0.5, 0.6) is 0 Å². The molecule has 4 N–H and O–H groups in total. The van der Waals surface area contributed by atoms with Crippen molar-refractivity contribution < 1.29 is 33.9 Å². The highest BCUT2D eigenvalue weighted by Crippen LogP contribution is 2.38. The summed E-state index contributed by atoms with van der Waals surface area (Å²) in [5, 5.41) is 16.5. The number of hydrogen-bond acceptors (Lipinski definition) is 11. The van der Waals surface area contributed by atoms with E-state index in [1.807, 2.05) is 0 Å². The third-order valence-electron chi connectivity index (χ3n) is 4.40. The number of nitrogen functional groups attached to an aromatic ring is 1. The molecule has 1 aromatic rings. The summed E-state index contributed by atoms with van der Waals surface area (Å²) in [7, 11) is 1.26. The van der Waals surface area contributed by atoms with Gasteiger partial charge in [0.15, 0.2) is 16.9 Å². The second-order valence-electron chi connectivity index (χ2n) is 6.31. The molecule has 0 aliphatic carbocycles. The highest BCUT2D eigenvalue weighted by Gasteiger charge is 2.53. The van der Waals surface area contributed by atoms with E-state index in [0.717, 1.165) is 11.3 Å². The zero-order chi connectivity index (χ0) is 22.7. The lowest BCUT2D eigenvalue weighted by Crippen LogP contribution is -2.70. The molecule has 0 aromatic carbocycles. The van der Waals surface area contributed by atoms with Crippen LogP contribution < -0.4 is 11.1 Å². The van der Waals surface area contributed by atoms with Crippen molar-refractivity contribution in [2.45, 2.75) is 30.9 Å². The summed E-state index contributed by atoms with van der Waals surface area (Å²) < 4.78 is 5.00. The van der Waals surface area contributed by atoms with Crippen LogP contribution in [0.1, 0.15) is 19.0 Å². The number of rotatable bonds is 8. The Labute approximate surface area is 184 Å². The van der Waals surface area contributed by atoms with Gasteiger partial charge in [-0.3, -0.25) is 14.5 Å². The number of anilines is 1. The number of esters is 1. The largest absolute Gasteiger partial charge is 0.479 e. The third kappa shape index (κ3) is 4.49. The average Bonchev–Trinajstić information content (AvgIpc) is 3.18. The van der Waals surface area contributed by atoms with Crippen LogP contribution in [-0.2, 0) is 28.8 Å². The normalized spacial score (nSPS) is 21.4. The SMILES string of the molecule is CCC(OC(=O)C1=CCS[C@H]2C(NC(=O)C(=NOC)c3csc(N)n3)C(=O)N12)C(=O)O. The molecular formula is C17H19N5O7S2. The van der Waals surface area contributed by atoms with Crippen LogP contribution in [0.4, 0.5) is 5.13 Å². The summed E-state index contributed by atoms with van der Waals surface area (Å²) >= 11 is 2.44. The fraction of sp³-hybridized carbons (Fsp3) is 0.412. The molecule has 1 aromatic heterocycles. The number of nitrogens with zero attached hydrogens (tertiary/aromatic N) is 3. The van der Waals surface area contributed by atoms with Crippen molar-refractivity contribution in [3.8, 4) is 0 Å². The monoisotopic (exact) mass is 469 g/mol. The quantitative estimate of drug-likeness (QED) is 0.200. The van der Waals surface area contributed by atoms with Gasteiger partial charge in [0.25, 0.3) is 11.8 Å². The van der Waals surface area contributed by atoms with Gasteiger partial charge in [-0.1, -0.05) is 12.1 Å². The Morgan fingerprint density at radius 2 is 2.23 bits per heavy atom. The predicted octanol–water partition coefficient (Wildman–Crippen LogP) is -0.234. The number of hydrogen-bond donors (Lipinski definition) is 3. The Morgan fingerprint density at radius 3 is 2.81 bits per heavy atom. The Morgan fingerprint density at radius 1 is 1.48 bits per heavy atom. The van der Waals surface area contributed by atoms with Crippen LogP contribution >= 0.6 is 23.1 Å². The predicted molar refractivity (Wildman–Crippen MR) is 111 cm³/mol. The van der Waals surface area contributed by atoms with E-state index in [1.165, 1.54) is 35.2 Å². The minimum absolute atomic E-state index is 0.0444. The number of thiazole rings is 1. The number of oxime groups is 1. The van der Waals surface area contributed by atoms with E-state index < -0.39 is 41.3 Å². The standard InChI is InChI=1S/C17H19N5O7S2/c1-3-9(15(25)26)29-16(27)8-4-5-30-14-11(13(24)22(8)14)20-12(23)10(21-28-2)7-6-31-17(18)19-7/h4,6,9,11,14H,3,5H2,1-2H3,(H2,18,19)(H,20,23)(H,25,26)/t9?,11?,14-/m0/s1. The number of carboxylic acid groups (broad SMARTS) is 1. The number of nitrogens with one attached hydrogen (secondary N) is 1. The molecule has 3 rings (SSSR count). The topological polar surface area (TPSA) is 174 Å². The van der Waals surface area contributed by atoms with Crippen molar-refractivity contribution >= 4 is 57.7 Å². The summed E-state index contributed by atoms with van der Waals surface area (Å²) in [6.45, 7) is 1.56. The minimum Gasteiger partial charge on any atom is -0.479 e. The van der Waals surface area contributed by atoms with Crippen LogP contribution in [0, 0.1) is 0 Å². The fourth-order valence-corrected chi connectivity index (χ4v) is 4.67. The zero-order valence-electron chi connectivity index (χ0n) is 16.4. The lowest BCUT2D eigenvalue weighted by Gasteiger charge is -2.48. The number of carbonyl (C=O) groups excluding carboxylic acids is 3. The average molecular weight is 470 g/mol. The van der Waals surface area contributed by atoms with Gasteiger partial charge in [0.1, 0.15) is 29.9 Å². The molecule has 0 radical (unpaired) electrons. The molecule has 31 heavy (non-hydrogen) atoms. The van der Waals surface area contributed by atoms with Gasteiger partial charge >= 0.3 is 11.9 Å². The Bertz CT molecular complexity index is 976. The number of carbonyl (C=O) groups is 4. The summed E-state index contributed by atoms with van der Waals surface area (Å²) in [6, 6.07) is -0.923. The molecule has 0 spiro atoms. The van der Waals surface area contributed by atoms with E-state index in [-0.39, 0.29) is 28.7 Å². The van der Waals surface area contributed by atoms with E-state index in [9.17, 15) is 19.2 Å². The molecule has 1 saturated heterocycles. The maximum atomic E-state index is 12.7. The number of aromatic nitrogens is 1. The highest BCUT2D eigenvalue weighted by molar-refractivity contribution is 8.00. The minimum atomic E-state index is -1.31. The van der Waals surface area contributed by atoms with Gasteiger partial charge in [-0.2, -0.15) is 0 Å². The third-order valence-corrected chi connectivity index (χ3v) is 6.26. The zero-order valence-corrected chi connectivity index (χ0v) is 18.1. The van der Waals surface area contributed by atoms with Gasteiger partial charge in [-0.15, -0.1) is 23.1 Å². The Kier molecular flexibility index (Phi) is 6.80. The van der Waals surface area contributed by atoms with Gasteiger partial charge in [-0.25, -0.2) is 14.6 Å². The summed E-state index contributed by atoms with van der Waals surface area (Å²) in [4.78, 5) is 58.8. The molecule has 0 bridgehead atoms. The molecule has 12 nitrogen and oxygen atoms in total. The second-order valence-corrected chi connectivity index (χ2v) is 8.35. The molecule has 0 saturated carbocycles. The van der Waals surface area contributed by atoms with Crippen molar-refractivity contribution in [2.75, 3.05) is 18.6 Å². The van der Waals surface area contributed by atoms with Crippen molar-refractivity contribution in [1.29, 1.82) is 0 Å². The summed E-state index contributed by atoms with van der Waals surface area (Å²) in [5.74, 6) is -3.03. The van der Waals surface area contributed by atoms with Gasteiger partial charge in [-0.05, 0) is 12.5 Å². The van der Waals surface area contributed by atoms with Gasteiger partial charge < -0.3 is 25.7 Å². The maximum Gasteiger partial charge on any atom is 0.355 e. The van der Waals surface area contributed by atoms with E-state index in [4.69, 9.17) is 20.4 Å². The van der Waals surface area contributed by atoms with Crippen molar-refractivity contribution in [1.82, 2.24) is 15.2 Å². The van der Waals surface area contributed by atoms with Crippen molar-refractivity contribution in [3.05, 3.63) is 22.8 Å². The first-order valence-corrected chi connectivity index (χ1v) is 10.9. The maximum absolute atomic E-state index is 12.7. The van der Waals surface area contributed by atoms with Gasteiger partial charge in [0.05, 0.1) is 0 Å². The summed E-state index contributed by atoms with van der Waals surface area (Å²) in [6.07, 6.45) is 0.262. The lowest BCUT2D eigenvalue weighted by atomic mass is 10.0. The molecule has 3 heterocycles. The van der Waals surface area contributed by atoms with Gasteiger partial charge in [0.2, 0.25) is 0 Å². The molecular weight excluding hydrogens is 450 g/mol. The van der Waals surface area contributed by atoms with Crippen LogP contribution in [0.2, 0.25) is 0 Å². The van der Waals surface area contributed by atoms with Crippen molar-refractivity contribution in [3.63, 3.8) is 0 Å². The van der Waals surface area contributed by atoms with E-state index in [1.54, 1.807) is 6.92 Å². The van der Waals surface area contributed by atoms with Crippen LogP contribution in [0.3, 0.4) is 0 Å². The first-order chi connectivity index (χ1) is 14.8. The molecule has 3 atom stereocenters. The molecule has 2 aliphatic heterocycles. The number of ether oxygens (including phenoxy) is 1. The van der Waals surface area contributed by atoms with Gasteiger partial charge in [0, 0.05) is 11.1 Å². The van der Waals surface area contributed by atoms with E-state index in [0.29, 0.717) is 5.75 Å². The number of nitrogens with two attached hydrogens (primary N) is 1. The molecule has 1 fully saturated rings. The van der Waals surface area contributed by atoms with E-state index >= 15 is 0 Å². The molecule has 2 unspecified atom stereocenters. The smallest absolute Gasteiger partial charge is 0.355 e. The Balaban J connectivity index is 1.70. The first kappa shape index (κ1) is 22.6. The van der Waals surface area contributed by atoms with Crippen LogP contribution in [0.25, 0.3) is 0 Å². The molecule has 2 amide bonds. The first-order valence-electron chi connectivity index (χ1n) is 9.00. The number of aliphatic carboxylic acids is 1. The fourth-order valence-electron chi connectivity index (χ4n) is 2.93. The number of β-lactam (4-membered cyclic amide) rings is 1. The lowest BCUT2D eigenvalue weighted by molar-refractivity contribution is -0.164. The highest BCUT2D eigenvalue weighted by atomic mass is 32.2. The molecule has 14 heteroatoms. The second kappa shape index (κ2) is 9.34. The Hall–Kier alpha value is -3.13. The van der Waals surface area contributed by atoms with Crippen LogP contribution in [-0.4, -0.2) is 74.8 Å². The van der Waals surface area contributed by atoms with Crippen LogP contribution in [0.15, 0.2) is 22.3 Å². The number of carboxylic acids is 1. The number of fused-ring (bicyclic) bond motifs is 1. The molecule has 166 valence electrons. The summed E-state index contributed by atoms with van der Waals surface area (Å²) in [5.41, 5.74) is 5.60. The van der Waals surface area contributed by atoms with E-state index in [2.05, 4.69) is 15.5 Å².